The standard InChI is InChI=1S/C22H42O2.C8H8.C4H6.C3H4O2/c1-4-5-6-7-8-9-10-11-12-13-14-15-16-17-18-19-20-24-22(23)21(2)3;1-2-8-6-4-3-5-7-8;1-3-4-2;1-2-3(4)5/h2,4-20H2,1,3H3;2-7H,1H2;3-4H,1-2H2;2H,1H2,(H,4,5). The summed E-state index contributed by atoms with van der Waals surface area (Å²) in [5.41, 5.74) is 1.67. The molecule has 4 heteroatoms. The van der Waals surface area contributed by atoms with Gasteiger partial charge in [0, 0.05) is 11.6 Å². The van der Waals surface area contributed by atoms with Crippen molar-refractivity contribution in [2.45, 2.75) is 117 Å². The highest BCUT2D eigenvalue weighted by Crippen LogP contribution is 2.13. The van der Waals surface area contributed by atoms with Gasteiger partial charge in [-0.05, 0) is 18.9 Å². The van der Waals surface area contributed by atoms with Gasteiger partial charge < -0.3 is 9.84 Å². The van der Waals surface area contributed by atoms with Gasteiger partial charge in [-0.2, -0.15) is 0 Å². The minimum absolute atomic E-state index is 0.254. The second-order valence-corrected chi connectivity index (χ2v) is 9.85. The van der Waals surface area contributed by atoms with E-state index in [2.05, 4.69) is 39.8 Å². The number of carboxylic acid groups (broad SMARTS) is 1. The summed E-state index contributed by atoms with van der Waals surface area (Å²) in [5, 5.41) is 7.60. The molecule has 0 atom stereocenters. The molecule has 1 aromatic carbocycles. The first-order chi connectivity index (χ1) is 19.8. The average Bonchev–Trinajstić information content (AvgIpc) is 2.99. The number of unbranched alkanes of at least 4 members (excludes halogenated alkanes) is 15. The van der Waals surface area contributed by atoms with Crippen molar-refractivity contribution in [3.63, 3.8) is 0 Å². The van der Waals surface area contributed by atoms with Crippen LogP contribution in [0.1, 0.15) is 122 Å². The summed E-state index contributed by atoms with van der Waals surface area (Å²) >= 11 is 0. The van der Waals surface area contributed by atoms with Gasteiger partial charge in [-0.1, -0.05) is 185 Å². The number of carbonyl (C=O) groups excluding carboxylic acids is 1. The number of hydrogen-bond acceptors (Lipinski definition) is 3. The molecule has 0 aliphatic carbocycles. The molecule has 0 bridgehead atoms. The molecule has 0 saturated carbocycles. The maximum Gasteiger partial charge on any atom is 0.333 e. The second kappa shape index (κ2) is 36.9. The van der Waals surface area contributed by atoms with Crippen LogP contribution in [0.4, 0.5) is 0 Å². The van der Waals surface area contributed by atoms with Crippen molar-refractivity contribution in [1.82, 2.24) is 0 Å². The molecule has 1 aromatic rings. The van der Waals surface area contributed by atoms with E-state index >= 15 is 0 Å². The van der Waals surface area contributed by atoms with Crippen molar-refractivity contribution in [1.29, 1.82) is 0 Å². The molecular weight excluding hydrogens is 508 g/mol. The molecule has 0 aliphatic heterocycles. The van der Waals surface area contributed by atoms with Crippen LogP contribution in [-0.2, 0) is 14.3 Å². The van der Waals surface area contributed by atoms with Gasteiger partial charge in [0.2, 0.25) is 0 Å². The molecule has 0 amide bonds. The number of aliphatic carboxylic acids is 1. The molecule has 1 N–H and O–H groups in total. The van der Waals surface area contributed by atoms with Crippen LogP contribution >= 0.6 is 0 Å². The first-order valence-corrected chi connectivity index (χ1v) is 15.4. The van der Waals surface area contributed by atoms with Crippen LogP contribution in [0.3, 0.4) is 0 Å². The van der Waals surface area contributed by atoms with E-state index < -0.39 is 5.97 Å². The minimum atomic E-state index is -0.981. The van der Waals surface area contributed by atoms with Crippen molar-refractivity contribution in [2.75, 3.05) is 6.61 Å². The molecule has 0 radical (unpaired) electrons. The monoisotopic (exact) mass is 568 g/mol. The number of carboxylic acids is 1. The molecule has 0 unspecified atom stereocenters. The third-order valence-electron chi connectivity index (χ3n) is 5.96. The fourth-order valence-electron chi connectivity index (χ4n) is 3.53. The Kier molecular flexibility index (Phi) is 38.1. The lowest BCUT2D eigenvalue weighted by Gasteiger charge is -2.05. The smallest absolute Gasteiger partial charge is 0.333 e. The number of carbonyl (C=O) groups is 2. The summed E-state index contributed by atoms with van der Waals surface area (Å²) < 4.78 is 5.08. The zero-order chi connectivity index (χ0) is 31.4. The summed E-state index contributed by atoms with van der Waals surface area (Å²) in [5.74, 6) is -1.24. The van der Waals surface area contributed by atoms with Crippen molar-refractivity contribution < 1.29 is 19.4 Å². The first kappa shape index (κ1) is 42.3. The largest absolute Gasteiger partial charge is 0.478 e. The summed E-state index contributed by atoms with van der Waals surface area (Å²) in [6, 6.07) is 10.0. The topological polar surface area (TPSA) is 63.6 Å². The SMILES string of the molecule is C=C(C)C(=O)OCCCCCCCCCCCCCCCCCC.C=CC(=O)O.C=CC=C.C=Cc1ccccc1. The van der Waals surface area contributed by atoms with Crippen LogP contribution in [0.5, 0.6) is 0 Å². The molecule has 0 fully saturated rings. The van der Waals surface area contributed by atoms with Gasteiger partial charge in [0.15, 0.2) is 0 Å². The highest BCUT2D eigenvalue weighted by Gasteiger charge is 2.01. The van der Waals surface area contributed by atoms with Crippen LogP contribution in [-0.4, -0.2) is 23.7 Å². The predicted molar refractivity (Wildman–Crippen MR) is 180 cm³/mol. The fraction of sp³-hybridized carbons (Fsp3) is 0.514. The zero-order valence-electron chi connectivity index (χ0n) is 26.4. The Labute approximate surface area is 253 Å². The average molecular weight is 569 g/mol. The molecule has 0 spiro atoms. The van der Waals surface area contributed by atoms with Crippen molar-refractivity contribution in [3.8, 4) is 0 Å². The van der Waals surface area contributed by atoms with E-state index in [1.807, 2.05) is 36.4 Å². The van der Waals surface area contributed by atoms with E-state index in [1.165, 1.54) is 102 Å². The third-order valence-corrected chi connectivity index (χ3v) is 5.96. The lowest BCUT2D eigenvalue weighted by Crippen LogP contribution is -2.05. The van der Waals surface area contributed by atoms with Crippen molar-refractivity contribution >= 4 is 18.0 Å². The molecule has 41 heavy (non-hydrogen) atoms. The predicted octanol–water partition coefficient (Wildman–Crippen LogP) is 11.3. The fourth-order valence-corrected chi connectivity index (χ4v) is 3.53. The zero-order valence-corrected chi connectivity index (χ0v) is 26.4. The normalized spacial score (nSPS) is 9.22. The van der Waals surface area contributed by atoms with E-state index in [4.69, 9.17) is 9.84 Å². The Bertz CT molecular complexity index is 773. The highest BCUT2D eigenvalue weighted by molar-refractivity contribution is 5.86. The lowest BCUT2D eigenvalue weighted by molar-refractivity contribution is -0.139. The van der Waals surface area contributed by atoms with Crippen LogP contribution in [0.2, 0.25) is 0 Å². The van der Waals surface area contributed by atoms with E-state index in [1.54, 1.807) is 19.1 Å². The first-order valence-electron chi connectivity index (χ1n) is 15.4. The van der Waals surface area contributed by atoms with Crippen LogP contribution in [0.25, 0.3) is 6.08 Å². The Balaban J connectivity index is -0.000000679. The number of hydrogen-bond donors (Lipinski definition) is 1. The Morgan fingerprint density at radius 1 is 0.707 bits per heavy atom. The van der Waals surface area contributed by atoms with E-state index in [0.29, 0.717) is 12.2 Å². The summed E-state index contributed by atoms with van der Waals surface area (Å²) in [4.78, 5) is 20.4. The molecule has 4 nitrogen and oxygen atoms in total. The lowest BCUT2D eigenvalue weighted by atomic mass is 10.0. The number of benzene rings is 1. The van der Waals surface area contributed by atoms with Crippen molar-refractivity contribution in [3.05, 3.63) is 92.6 Å². The van der Waals surface area contributed by atoms with Gasteiger partial charge in [-0.3, -0.25) is 0 Å². The summed E-state index contributed by atoms with van der Waals surface area (Å²) in [6.07, 6.45) is 27.7. The number of allylic oxidation sites excluding steroid dienone is 2. The molecule has 232 valence electrons. The van der Waals surface area contributed by atoms with Crippen molar-refractivity contribution in [2.24, 2.45) is 0 Å². The molecule has 1 rings (SSSR count). The Morgan fingerprint density at radius 2 is 1.07 bits per heavy atom. The van der Waals surface area contributed by atoms with Crippen LogP contribution < -0.4 is 0 Å². The van der Waals surface area contributed by atoms with Gasteiger partial charge >= 0.3 is 11.9 Å². The number of esters is 1. The minimum Gasteiger partial charge on any atom is -0.478 e. The Hall–Kier alpha value is -3.14. The molecule has 0 aliphatic rings. The molecule has 0 saturated heterocycles. The number of rotatable bonds is 21. The van der Waals surface area contributed by atoms with Gasteiger partial charge in [-0.15, -0.1) is 0 Å². The second-order valence-electron chi connectivity index (χ2n) is 9.85. The van der Waals surface area contributed by atoms with E-state index in [-0.39, 0.29) is 5.97 Å². The van der Waals surface area contributed by atoms with Crippen LogP contribution in [0.15, 0.2) is 87.0 Å². The summed E-state index contributed by atoms with van der Waals surface area (Å²) in [6.45, 7) is 21.4. The van der Waals surface area contributed by atoms with Gasteiger partial charge in [0.05, 0.1) is 6.61 Å². The van der Waals surface area contributed by atoms with E-state index in [9.17, 15) is 9.59 Å². The Morgan fingerprint density at radius 3 is 1.34 bits per heavy atom. The molecular formula is C37H60O4. The maximum atomic E-state index is 11.2. The highest BCUT2D eigenvalue weighted by atomic mass is 16.5. The quantitative estimate of drug-likeness (QED) is 0.0693. The number of ether oxygens (including phenoxy) is 1. The van der Waals surface area contributed by atoms with Crippen LogP contribution in [0, 0.1) is 0 Å². The van der Waals surface area contributed by atoms with Gasteiger partial charge in [0.1, 0.15) is 0 Å². The van der Waals surface area contributed by atoms with Gasteiger partial charge in [-0.25, -0.2) is 9.59 Å². The summed E-state index contributed by atoms with van der Waals surface area (Å²) in [7, 11) is 0. The van der Waals surface area contributed by atoms with E-state index in [0.717, 1.165) is 12.5 Å². The molecule has 0 aromatic heterocycles. The maximum absolute atomic E-state index is 11.2. The van der Waals surface area contributed by atoms with Gasteiger partial charge in [0.25, 0.3) is 0 Å². The molecule has 0 heterocycles. The third kappa shape index (κ3) is 41.5.